The van der Waals surface area contributed by atoms with Crippen LogP contribution in [0.5, 0.6) is 0 Å². The van der Waals surface area contributed by atoms with E-state index in [4.69, 9.17) is 9.47 Å². The molecule has 1 aromatic rings. The average molecular weight is 244 g/mol. The molecule has 2 heterocycles. The first-order chi connectivity index (χ1) is 8.72. The van der Waals surface area contributed by atoms with Gasteiger partial charge < -0.3 is 14.8 Å². The van der Waals surface area contributed by atoms with Crippen molar-refractivity contribution in [2.24, 2.45) is 0 Å². The average Bonchev–Trinajstić information content (AvgIpc) is 2.98. The zero-order chi connectivity index (χ0) is 12.6. The molecule has 1 N–H and O–H groups in total. The molecule has 0 aliphatic carbocycles. The number of rotatable bonds is 2. The molecular weight excluding hydrogens is 232 g/mol. The Morgan fingerprint density at radius 1 is 1.44 bits per heavy atom. The van der Waals surface area contributed by atoms with Gasteiger partial charge >= 0.3 is 5.97 Å². The van der Waals surface area contributed by atoms with Crippen LogP contribution in [0.25, 0.3) is 0 Å². The SMILES string of the molecule is N#CC1(Nc2ccc3c(c2)COC3=O)CCOC1. The Bertz CT molecular complexity index is 542. The summed E-state index contributed by atoms with van der Waals surface area (Å²) >= 11 is 0. The highest BCUT2D eigenvalue weighted by molar-refractivity contribution is 5.93. The van der Waals surface area contributed by atoms with Crippen molar-refractivity contribution in [2.75, 3.05) is 18.5 Å². The molecule has 3 rings (SSSR count). The molecule has 5 heteroatoms. The molecule has 0 spiro atoms. The van der Waals surface area contributed by atoms with E-state index in [1.54, 1.807) is 12.1 Å². The Morgan fingerprint density at radius 3 is 3.06 bits per heavy atom. The molecule has 1 atom stereocenters. The van der Waals surface area contributed by atoms with Gasteiger partial charge in [0.15, 0.2) is 5.54 Å². The Morgan fingerprint density at radius 2 is 2.33 bits per heavy atom. The Kier molecular flexibility index (Phi) is 2.46. The lowest BCUT2D eigenvalue weighted by molar-refractivity contribution is 0.0535. The number of fused-ring (bicyclic) bond motifs is 1. The van der Waals surface area contributed by atoms with E-state index >= 15 is 0 Å². The quantitative estimate of drug-likeness (QED) is 0.797. The molecular formula is C13H12N2O3. The standard InChI is InChI=1S/C13H12N2O3/c14-7-13(3-4-17-8-13)15-10-1-2-11-9(5-10)6-18-12(11)16/h1-2,5,15H,3-4,6,8H2. The van der Waals surface area contributed by atoms with Crippen LogP contribution in [0.4, 0.5) is 5.69 Å². The lowest BCUT2D eigenvalue weighted by atomic mass is 10.00. The van der Waals surface area contributed by atoms with Crippen LogP contribution in [0, 0.1) is 11.3 Å². The number of esters is 1. The Balaban J connectivity index is 1.86. The highest BCUT2D eigenvalue weighted by Crippen LogP contribution is 2.27. The summed E-state index contributed by atoms with van der Waals surface area (Å²) in [4.78, 5) is 11.3. The minimum absolute atomic E-state index is 0.282. The molecule has 18 heavy (non-hydrogen) atoms. The molecule has 1 unspecified atom stereocenters. The maximum Gasteiger partial charge on any atom is 0.338 e. The van der Waals surface area contributed by atoms with E-state index in [0.29, 0.717) is 31.8 Å². The maximum atomic E-state index is 11.3. The lowest BCUT2D eigenvalue weighted by Crippen LogP contribution is -2.37. The summed E-state index contributed by atoms with van der Waals surface area (Å²) in [5.41, 5.74) is 1.63. The summed E-state index contributed by atoms with van der Waals surface area (Å²) in [6, 6.07) is 7.65. The second kappa shape index (κ2) is 4.00. The predicted octanol–water partition coefficient (Wildman–Crippen LogP) is 1.45. The van der Waals surface area contributed by atoms with E-state index in [0.717, 1.165) is 11.3 Å². The summed E-state index contributed by atoms with van der Waals surface area (Å²) in [5.74, 6) is -0.282. The summed E-state index contributed by atoms with van der Waals surface area (Å²) < 4.78 is 10.2. The molecule has 1 saturated heterocycles. The normalized spacial score (nSPS) is 25.4. The maximum absolute atomic E-state index is 11.3. The van der Waals surface area contributed by atoms with Gasteiger partial charge in [0.05, 0.1) is 24.8 Å². The fourth-order valence-electron chi connectivity index (χ4n) is 2.27. The van der Waals surface area contributed by atoms with Gasteiger partial charge in [-0.2, -0.15) is 5.26 Å². The van der Waals surface area contributed by atoms with Gasteiger partial charge in [0.1, 0.15) is 6.61 Å². The molecule has 0 aromatic heterocycles. The van der Waals surface area contributed by atoms with Crippen LogP contribution in [-0.4, -0.2) is 24.7 Å². The number of hydrogen-bond acceptors (Lipinski definition) is 5. The van der Waals surface area contributed by atoms with Crippen molar-refractivity contribution >= 4 is 11.7 Å². The largest absolute Gasteiger partial charge is 0.457 e. The highest BCUT2D eigenvalue weighted by atomic mass is 16.5. The first kappa shape index (κ1) is 11.1. The van der Waals surface area contributed by atoms with Crippen LogP contribution in [0.1, 0.15) is 22.3 Å². The number of carbonyl (C=O) groups excluding carboxylic acids is 1. The first-order valence-corrected chi connectivity index (χ1v) is 5.80. The first-order valence-electron chi connectivity index (χ1n) is 5.80. The number of nitrogens with zero attached hydrogens (tertiary/aromatic N) is 1. The zero-order valence-corrected chi connectivity index (χ0v) is 9.73. The van der Waals surface area contributed by atoms with Crippen LogP contribution in [0.15, 0.2) is 18.2 Å². The van der Waals surface area contributed by atoms with Crippen LogP contribution >= 0.6 is 0 Å². The number of carbonyl (C=O) groups is 1. The van der Waals surface area contributed by atoms with E-state index < -0.39 is 5.54 Å². The fraction of sp³-hybridized carbons (Fsp3) is 0.385. The number of benzene rings is 1. The molecule has 0 radical (unpaired) electrons. The highest BCUT2D eigenvalue weighted by Gasteiger charge is 2.35. The van der Waals surface area contributed by atoms with Gasteiger partial charge in [-0.15, -0.1) is 0 Å². The number of nitriles is 1. The summed E-state index contributed by atoms with van der Waals surface area (Å²) in [6.45, 7) is 1.28. The third-order valence-corrected chi connectivity index (χ3v) is 3.30. The van der Waals surface area contributed by atoms with Crippen molar-refractivity contribution in [1.29, 1.82) is 5.26 Å². The second-order valence-electron chi connectivity index (χ2n) is 4.57. The Labute approximate surface area is 104 Å². The van der Waals surface area contributed by atoms with Crippen molar-refractivity contribution in [1.82, 2.24) is 0 Å². The van der Waals surface area contributed by atoms with E-state index in [1.807, 2.05) is 6.07 Å². The number of cyclic esters (lactones) is 1. The van der Waals surface area contributed by atoms with Crippen molar-refractivity contribution in [3.63, 3.8) is 0 Å². The second-order valence-corrected chi connectivity index (χ2v) is 4.57. The van der Waals surface area contributed by atoms with E-state index in [1.165, 1.54) is 0 Å². The molecule has 5 nitrogen and oxygen atoms in total. The number of hydrogen-bond donors (Lipinski definition) is 1. The number of anilines is 1. The summed E-state index contributed by atoms with van der Waals surface area (Å²) in [6.07, 6.45) is 0.663. The minimum Gasteiger partial charge on any atom is -0.457 e. The lowest BCUT2D eigenvalue weighted by Gasteiger charge is -2.22. The molecule has 0 saturated carbocycles. The van der Waals surface area contributed by atoms with Crippen LogP contribution in [-0.2, 0) is 16.1 Å². The molecule has 92 valence electrons. The predicted molar refractivity (Wildman–Crippen MR) is 63.0 cm³/mol. The van der Waals surface area contributed by atoms with Crippen LogP contribution < -0.4 is 5.32 Å². The fourth-order valence-corrected chi connectivity index (χ4v) is 2.27. The van der Waals surface area contributed by atoms with Crippen molar-refractivity contribution in [3.8, 4) is 6.07 Å². The van der Waals surface area contributed by atoms with E-state index in [-0.39, 0.29) is 5.97 Å². The van der Waals surface area contributed by atoms with Crippen LogP contribution in [0.2, 0.25) is 0 Å². The summed E-state index contributed by atoms with van der Waals surface area (Å²) in [5, 5.41) is 12.4. The number of ether oxygens (including phenoxy) is 2. The smallest absolute Gasteiger partial charge is 0.338 e. The van der Waals surface area contributed by atoms with E-state index in [9.17, 15) is 10.1 Å². The summed E-state index contributed by atoms with van der Waals surface area (Å²) in [7, 11) is 0. The number of nitrogens with one attached hydrogen (secondary N) is 1. The Hall–Kier alpha value is -2.06. The molecule has 2 aliphatic heterocycles. The third kappa shape index (κ3) is 1.71. The minimum atomic E-state index is -0.655. The van der Waals surface area contributed by atoms with Gasteiger partial charge in [-0.05, 0) is 18.2 Å². The molecule has 0 bridgehead atoms. The van der Waals surface area contributed by atoms with Gasteiger partial charge in [0.25, 0.3) is 0 Å². The van der Waals surface area contributed by atoms with Gasteiger partial charge in [-0.25, -0.2) is 4.79 Å². The van der Waals surface area contributed by atoms with Gasteiger partial charge in [-0.1, -0.05) is 0 Å². The third-order valence-electron chi connectivity index (χ3n) is 3.30. The monoisotopic (exact) mass is 244 g/mol. The zero-order valence-electron chi connectivity index (χ0n) is 9.73. The van der Waals surface area contributed by atoms with Gasteiger partial charge in [0.2, 0.25) is 0 Å². The van der Waals surface area contributed by atoms with Crippen molar-refractivity contribution in [3.05, 3.63) is 29.3 Å². The molecule has 0 amide bonds. The van der Waals surface area contributed by atoms with Crippen molar-refractivity contribution in [2.45, 2.75) is 18.6 Å². The molecule has 2 aliphatic rings. The molecule has 1 aromatic carbocycles. The van der Waals surface area contributed by atoms with Gasteiger partial charge in [-0.3, -0.25) is 0 Å². The van der Waals surface area contributed by atoms with E-state index in [2.05, 4.69) is 11.4 Å². The molecule has 1 fully saturated rings. The van der Waals surface area contributed by atoms with Crippen molar-refractivity contribution < 1.29 is 14.3 Å². The topological polar surface area (TPSA) is 71.3 Å². The van der Waals surface area contributed by atoms with Crippen LogP contribution in [0.3, 0.4) is 0 Å². The van der Waals surface area contributed by atoms with Gasteiger partial charge in [0, 0.05) is 17.7 Å².